The molecule has 0 bridgehead atoms. The molecule has 2 amide bonds. The SMILES string of the molecule is Cc1ccccc1CNC(=O)CNC(=O)CCc1ccccc1. The lowest BCUT2D eigenvalue weighted by molar-refractivity contribution is -0.126. The summed E-state index contributed by atoms with van der Waals surface area (Å²) >= 11 is 0. The molecule has 120 valence electrons. The quantitative estimate of drug-likeness (QED) is 0.825. The summed E-state index contributed by atoms with van der Waals surface area (Å²) in [6.45, 7) is 2.50. The summed E-state index contributed by atoms with van der Waals surface area (Å²) in [5.41, 5.74) is 3.34. The zero-order chi connectivity index (χ0) is 16.5. The Morgan fingerprint density at radius 1 is 0.870 bits per heavy atom. The number of carbonyl (C=O) groups excluding carboxylic acids is 2. The molecule has 2 N–H and O–H groups in total. The Balaban J connectivity index is 1.66. The van der Waals surface area contributed by atoms with Crippen molar-refractivity contribution in [2.75, 3.05) is 6.54 Å². The summed E-state index contributed by atoms with van der Waals surface area (Å²) < 4.78 is 0. The summed E-state index contributed by atoms with van der Waals surface area (Å²) in [5, 5.41) is 5.47. The average molecular weight is 310 g/mol. The fourth-order valence-electron chi connectivity index (χ4n) is 2.23. The normalized spacial score (nSPS) is 10.1. The van der Waals surface area contributed by atoms with Crippen LogP contribution in [0.3, 0.4) is 0 Å². The van der Waals surface area contributed by atoms with Gasteiger partial charge in [0.2, 0.25) is 11.8 Å². The third kappa shape index (κ3) is 5.94. The number of amides is 2. The predicted octanol–water partition coefficient (Wildman–Crippen LogP) is 2.36. The van der Waals surface area contributed by atoms with Gasteiger partial charge in [0.25, 0.3) is 0 Å². The molecule has 0 spiro atoms. The van der Waals surface area contributed by atoms with Gasteiger partial charge in [-0.2, -0.15) is 0 Å². The molecule has 2 aromatic rings. The Morgan fingerprint density at radius 3 is 2.30 bits per heavy atom. The van der Waals surface area contributed by atoms with Crippen molar-refractivity contribution >= 4 is 11.8 Å². The van der Waals surface area contributed by atoms with Crippen LogP contribution in [-0.4, -0.2) is 18.4 Å². The van der Waals surface area contributed by atoms with Gasteiger partial charge in [0, 0.05) is 13.0 Å². The summed E-state index contributed by atoms with van der Waals surface area (Å²) in [6.07, 6.45) is 1.06. The maximum Gasteiger partial charge on any atom is 0.239 e. The highest BCUT2D eigenvalue weighted by atomic mass is 16.2. The molecule has 0 heterocycles. The molecule has 0 saturated carbocycles. The number of benzene rings is 2. The second-order valence-corrected chi connectivity index (χ2v) is 5.47. The highest BCUT2D eigenvalue weighted by Gasteiger charge is 2.06. The number of hydrogen-bond acceptors (Lipinski definition) is 2. The van der Waals surface area contributed by atoms with Crippen molar-refractivity contribution in [3.63, 3.8) is 0 Å². The zero-order valence-electron chi connectivity index (χ0n) is 13.3. The summed E-state index contributed by atoms with van der Waals surface area (Å²) in [5.74, 6) is -0.291. The van der Waals surface area contributed by atoms with Gasteiger partial charge in [0.05, 0.1) is 6.54 Å². The molecule has 23 heavy (non-hydrogen) atoms. The molecule has 0 aliphatic rings. The Kier molecular flexibility index (Phi) is 6.36. The van der Waals surface area contributed by atoms with Crippen LogP contribution in [0.1, 0.15) is 23.1 Å². The van der Waals surface area contributed by atoms with Crippen LogP contribution < -0.4 is 10.6 Å². The van der Waals surface area contributed by atoms with E-state index in [-0.39, 0.29) is 18.4 Å². The first-order valence-electron chi connectivity index (χ1n) is 7.77. The first-order valence-corrected chi connectivity index (χ1v) is 7.77. The minimum Gasteiger partial charge on any atom is -0.350 e. The van der Waals surface area contributed by atoms with E-state index >= 15 is 0 Å². The highest BCUT2D eigenvalue weighted by Crippen LogP contribution is 2.06. The third-order valence-electron chi connectivity index (χ3n) is 3.67. The van der Waals surface area contributed by atoms with Crippen molar-refractivity contribution in [1.29, 1.82) is 0 Å². The fraction of sp³-hybridized carbons (Fsp3) is 0.263. The van der Waals surface area contributed by atoms with E-state index in [4.69, 9.17) is 0 Å². The third-order valence-corrected chi connectivity index (χ3v) is 3.67. The molecule has 0 unspecified atom stereocenters. The summed E-state index contributed by atoms with van der Waals surface area (Å²) in [7, 11) is 0. The van der Waals surface area contributed by atoms with Gasteiger partial charge in [0.15, 0.2) is 0 Å². The maximum absolute atomic E-state index is 11.8. The van der Waals surface area contributed by atoms with Crippen molar-refractivity contribution in [3.05, 3.63) is 71.3 Å². The van der Waals surface area contributed by atoms with E-state index in [1.54, 1.807) is 0 Å². The molecule has 2 aromatic carbocycles. The highest BCUT2D eigenvalue weighted by molar-refractivity contribution is 5.84. The van der Waals surface area contributed by atoms with Crippen LogP contribution in [0, 0.1) is 6.92 Å². The van der Waals surface area contributed by atoms with Gasteiger partial charge in [-0.05, 0) is 30.0 Å². The van der Waals surface area contributed by atoms with Crippen LogP contribution in [0.25, 0.3) is 0 Å². The second kappa shape index (κ2) is 8.73. The molecular weight excluding hydrogens is 288 g/mol. The smallest absolute Gasteiger partial charge is 0.239 e. The van der Waals surface area contributed by atoms with Crippen molar-refractivity contribution < 1.29 is 9.59 Å². The first-order chi connectivity index (χ1) is 11.1. The van der Waals surface area contributed by atoms with Crippen LogP contribution in [-0.2, 0) is 22.6 Å². The lowest BCUT2D eigenvalue weighted by Gasteiger charge is -2.09. The van der Waals surface area contributed by atoms with Crippen LogP contribution >= 0.6 is 0 Å². The molecular formula is C19H22N2O2. The van der Waals surface area contributed by atoms with Crippen molar-refractivity contribution in [2.45, 2.75) is 26.3 Å². The van der Waals surface area contributed by atoms with E-state index in [1.165, 1.54) is 0 Å². The van der Waals surface area contributed by atoms with Crippen LogP contribution in [0.5, 0.6) is 0 Å². The molecule has 0 aliphatic heterocycles. The Morgan fingerprint density at radius 2 is 1.57 bits per heavy atom. The minimum atomic E-state index is -0.179. The van der Waals surface area contributed by atoms with Crippen LogP contribution in [0.15, 0.2) is 54.6 Å². The monoisotopic (exact) mass is 310 g/mol. The van der Waals surface area contributed by atoms with Crippen LogP contribution in [0.2, 0.25) is 0 Å². The van der Waals surface area contributed by atoms with Gasteiger partial charge in [-0.3, -0.25) is 9.59 Å². The first kappa shape index (κ1) is 16.7. The Labute approximate surface area is 136 Å². The Hall–Kier alpha value is -2.62. The van der Waals surface area contributed by atoms with Crippen molar-refractivity contribution in [1.82, 2.24) is 10.6 Å². The van der Waals surface area contributed by atoms with Gasteiger partial charge in [-0.15, -0.1) is 0 Å². The molecule has 0 fully saturated rings. The predicted molar refractivity (Wildman–Crippen MR) is 90.8 cm³/mol. The van der Waals surface area contributed by atoms with E-state index in [9.17, 15) is 9.59 Å². The van der Waals surface area contributed by atoms with Gasteiger partial charge in [0.1, 0.15) is 0 Å². The number of aryl methyl sites for hydroxylation is 2. The topological polar surface area (TPSA) is 58.2 Å². The molecule has 0 aromatic heterocycles. The number of nitrogens with one attached hydrogen (secondary N) is 2. The largest absolute Gasteiger partial charge is 0.350 e. The van der Waals surface area contributed by atoms with Crippen molar-refractivity contribution in [2.24, 2.45) is 0 Å². The summed E-state index contributed by atoms with van der Waals surface area (Å²) in [6, 6.07) is 17.7. The number of hydrogen-bond donors (Lipinski definition) is 2. The molecule has 0 aliphatic carbocycles. The van der Waals surface area contributed by atoms with E-state index in [2.05, 4.69) is 10.6 Å². The lowest BCUT2D eigenvalue weighted by Crippen LogP contribution is -2.36. The fourth-order valence-corrected chi connectivity index (χ4v) is 2.23. The van der Waals surface area contributed by atoms with E-state index in [1.807, 2.05) is 61.5 Å². The van der Waals surface area contributed by atoms with E-state index in [0.717, 1.165) is 16.7 Å². The molecule has 4 heteroatoms. The molecule has 0 saturated heterocycles. The minimum absolute atomic E-state index is 0.0134. The maximum atomic E-state index is 11.8. The van der Waals surface area contributed by atoms with Gasteiger partial charge in [-0.25, -0.2) is 0 Å². The molecule has 4 nitrogen and oxygen atoms in total. The molecule has 2 rings (SSSR count). The molecule has 0 radical (unpaired) electrons. The van der Waals surface area contributed by atoms with Gasteiger partial charge >= 0.3 is 0 Å². The zero-order valence-corrected chi connectivity index (χ0v) is 13.3. The van der Waals surface area contributed by atoms with Gasteiger partial charge in [-0.1, -0.05) is 54.6 Å². The standard InChI is InChI=1S/C19H22N2O2/c1-15-7-5-6-10-17(15)13-20-19(23)14-21-18(22)12-11-16-8-3-2-4-9-16/h2-10H,11-14H2,1H3,(H,20,23)(H,21,22). The van der Waals surface area contributed by atoms with E-state index < -0.39 is 0 Å². The van der Waals surface area contributed by atoms with E-state index in [0.29, 0.717) is 19.4 Å². The second-order valence-electron chi connectivity index (χ2n) is 5.47. The summed E-state index contributed by atoms with van der Waals surface area (Å²) in [4.78, 5) is 23.5. The number of carbonyl (C=O) groups is 2. The van der Waals surface area contributed by atoms with Crippen LogP contribution in [0.4, 0.5) is 0 Å². The average Bonchev–Trinajstić information content (AvgIpc) is 2.58. The van der Waals surface area contributed by atoms with Gasteiger partial charge < -0.3 is 10.6 Å². The Bertz CT molecular complexity index is 653. The molecule has 0 atom stereocenters. The lowest BCUT2D eigenvalue weighted by atomic mass is 10.1. The van der Waals surface area contributed by atoms with Crippen molar-refractivity contribution in [3.8, 4) is 0 Å². The number of rotatable bonds is 7.